The molecular formula is C14H29NO3. The van der Waals surface area contributed by atoms with Crippen LogP contribution in [0.4, 0.5) is 0 Å². The topological polar surface area (TPSA) is 39.7 Å². The third-order valence-corrected chi connectivity index (χ3v) is 3.00. The second-order valence-corrected chi connectivity index (χ2v) is 4.71. The first-order valence-electron chi connectivity index (χ1n) is 7.44. The smallest absolute Gasteiger partial charge is 0.0591 e. The van der Waals surface area contributed by atoms with Gasteiger partial charge in [-0.05, 0) is 38.5 Å². The van der Waals surface area contributed by atoms with Crippen LogP contribution in [0.3, 0.4) is 0 Å². The highest BCUT2D eigenvalue weighted by Gasteiger charge is 1.95. The van der Waals surface area contributed by atoms with Gasteiger partial charge < -0.3 is 19.5 Å². The van der Waals surface area contributed by atoms with Gasteiger partial charge in [0.2, 0.25) is 0 Å². The molecule has 4 nitrogen and oxygen atoms in total. The summed E-state index contributed by atoms with van der Waals surface area (Å²) in [7, 11) is 0. The van der Waals surface area contributed by atoms with Crippen LogP contribution in [0.2, 0.25) is 0 Å². The summed E-state index contributed by atoms with van der Waals surface area (Å²) in [4.78, 5) is 0. The van der Waals surface area contributed by atoms with E-state index in [4.69, 9.17) is 14.2 Å². The molecule has 0 aromatic carbocycles. The minimum absolute atomic E-state index is 0.889. The van der Waals surface area contributed by atoms with Crippen molar-refractivity contribution in [2.45, 2.75) is 38.5 Å². The Bertz CT molecular complexity index is 92.1. The molecule has 3 aliphatic rings. The molecule has 0 aliphatic carbocycles. The Hall–Kier alpha value is -0.160. The van der Waals surface area contributed by atoms with Gasteiger partial charge in [0.1, 0.15) is 0 Å². The first-order chi connectivity index (χ1) is 9.00. The van der Waals surface area contributed by atoms with Gasteiger partial charge in [-0.1, -0.05) is 0 Å². The minimum Gasteiger partial charge on any atom is -0.381 e. The summed E-state index contributed by atoms with van der Waals surface area (Å²) in [5, 5.41) is 3.16. The van der Waals surface area contributed by atoms with Gasteiger partial charge in [-0.3, -0.25) is 0 Å². The van der Waals surface area contributed by atoms with Crippen LogP contribution in [0, 0.1) is 0 Å². The summed E-state index contributed by atoms with van der Waals surface area (Å²) in [6.07, 6.45) is 7.86. The van der Waals surface area contributed by atoms with Crippen molar-refractivity contribution in [3.05, 3.63) is 0 Å². The van der Waals surface area contributed by atoms with E-state index >= 15 is 0 Å². The molecule has 0 amide bonds. The fourth-order valence-electron chi connectivity index (χ4n) is 1.89. The number of nitrogens with one attached hydrogen (secondary N) is 1. The molecule has 0 atom stereocenters. The molecule has 0 aromatic rings. The third kappa shape index (κ3) is 11.0. The number of hydrogen-bond acceptors (Lipinski definition) is 4. The van der Waals surface area contributed by atoms with Crippen molar-refractivity contribution >= 4 is 0 Å². The summed E-state index contributed by atoms with van der Waals surface area (Å²) in [5.41, 5.74) is 0. The van der Waals surface area contributed by atoms with E-state index in [2.05, 4.69) is 5.32 Å². The molecule has 3 fully saturated rings. The fraction of sp³-hybridized carbons (Fsp3) is 1.00. The molecule has 0 aromatic heterocycles. The third-order valence-electron chi connectivity index (χ3n) is 3.00. The molecule has 3 heterocycles. The zero-order chi connectivity index (χ0) is 12.7. The summed E-state index contributed by atoms with van der Waals surface area (Å²) in [6.45, 7) is 7.83. The average Bonchev–Trinajstić information content (AvgIpc) is 2.54. The Morgan fingerprint density at radius 2 is 0.833 bits per heavy atom. The molecule has 3 aliphatic heterocycles. The Morgan fingerprint density at radius 1 is 0.444 bits per heavy atom. The molecular weight excluding hydrogens is 230 g/mol. The van der Waals surface area contributed by atoms with Gasteiger partial charge in [0, 0.05) is 39.5 Å². The zero-order valence-electron chi connectivity index (χ0n) is 11.6. The van der Waals surface area contributed by atoms with Crippen LogP contribution in [0.25, 0.3) is 0 Å². The van der Waals surface area contributed by atoms with Gasteiger partial charge in [0.05, 0.1) is 13.2 Å². The van der Waals surface area contributed by atoms with Gasteiger partial charge >= 0.3 is 0 Å². The van der Waals surface area contributed by atoms with E-state index in [0.29, 0.717) is 0 Å². The van der Waals surface area contributed by atoms with E-state index in [1.54, 1.807) is 0 Å². The predicted octanol–water partition coefficient (Wildman–Crippen LogP) is 1.98. The molecule has 18 heavy (non-hydrogen) atoms. The molecule has 0 saturated carbocycles. The molecule has 3 rings (SSSR count). The van der Waals surface area contributed by atoms with Crippen molar-refractivity contribution in [2.24, 2.45) is 0 Å². The SMILES string of the molecule is C1CCOCC1.C1CCOCC1.C1COCCN1. The summed E-state index contributed by atoms with van der Waals surface area (Å²) < 4.78 is 15.1. The monoisotopic (exact) mass is 259 g/mol. The standard InChI is InChI=1S/2C5H10O.C4H9NO/c2*1-2-4-6-5-3-1;1-3-6-4-2-5-1/h2*1-5H2;5H,1-4H2. The van der Waals surface area contributed by atoms with E-state index in [1.165, 1.54) is 38.5 Å². The van der Waals surface area contributed by atoms with Gasteiger partial charge in [-0.15, -0.1) is 0 Å². The number of hydrogen-bond donors (Lipinski definition) is 1. The van der Waals surface area contributed by atoms with Crippen molar-refractivity contribution in [3.8, 4) is 0 Å². The van der Waals surface area contributed by atoms with E-state index in [0.717, 1.165) is 52.7 Å². The van der Waals surface area contributed by atoms with Crippen molar-refractivity contribution in [1.29, 1.82) is 0 Å². The summed E-state index contributed by atoms with van der Waals surface area (Å²) in [6, 6.07) is 0. The van der Waals surface area contributed by atoms with Crippen LogP contribution in [0.15, 0.2) is 0 Å². The number of ether oxygens (including phenoxy) is 3. The zero-order valence-corrected chi connectivity index (χ0v) is 11.6. The van der Waals surface area contributed by atoms with Crippen molar-refractivity contribution in [2.75, 3.05) is 52.7 Å². The highest BCUT2D eigenvalue weighted by molar-refractivity contribution is 4.49. The highest BCUT2D eigenvalue weighted by Crippen LogP contribution is 2.02. The molecule has 0 spiro atoms. The van der Waals surface area contributed by atoms with Crippen molar-refractivity contribution in [1.82, 2.24) is 5.32 Å². The lowest BCUT2D eigenvalue weighted by Gasteiger charge is -2.10. The van der Waals surface area contributed by atoms with Crippen LogP contribution in [-0.2, 0) is 14.2 Å². The van der Waals surface area contributed by atoms with Crippen LogP contribution >= 0.6 is 0 Å². The van der Waals surface area contributed by atoms with Gasteiger partial charge in [0.25, 0.3) is 0 Å². The lowest BCUT2D eigenvalue weighted by Crippen LogP contribution is -2.30. The van der Waals surface area contributed by atoms with Gasteiger partial charge in [0.15, 0.2) is 0 Å². The molecule has 0 bridgehead atoms. The molecule has 3 saturated heterocycles. The largest absolute Gasteiger partial charge is 0.381 e. The Labute approximate surface area is 111 Å². The maximum absolute atomic E-state index is 5.07. The van der Waals surface area contributed by atoms with Crippen LogP contribution < -0.4 is 5.32 Å². The van der Waals surface area contributed by atoms with Gasteiger partial charge in [-0.25, -0.2) is 0 Å². The summed E-state index contributed by atoms with van der Waals surface area (Å²) >= 11 is 0. The van der Waals surface area contributed by atoms with Crippen LogP contribution in [0.5, 0.6) is 0 Å². The minimum atomic E-state index is 0.889. The van der Waals surface area contributed by atoms with E-state index < -0.39 is 0 Å². The number of rotatable bonds is 0. The Kier molecular flexibility index (Phi) is 11.7. The first-order valence-corrected chi connectivity index (χ1v) is 7.44. The van der Waals surface area contributed by atoms with Crippen LogP contribution in [-0.4, -0.2) is 52.7 Å². The Morgan fingerprint density at radius 3 is 0.944 bits per heavy atom. The lowest BCUT2D eigenvalue weighted by molar-refractivity contribution is 0.0967. The van der Waals surface area contributed by atoms with E-state index in [-0.39, 0.29) is 0 Å². The Balaban J connectivity index is 0.000000135. The molecule has 1 N–H and O–H groups in total. The molecule has 0 unspecified atom stereocenters. The number of morpholine rings is 1. The second kappa shape index (κ2) is 13.3. The van der Waals surface area contributed by atoms with Crippen LogP contribution in [0.1, 0.15) is 38.5 Å². The first kappa shape index (κ1) is 15.9. The van der Waals surface area contributed by atoms with Gasteiger partial charge in [-0.2, -0.15) is 0 Å². The normalized spacial score (nSPS) is 24.0. The highest BCUT2D eigenvalue weighted by atomic mass is 16.5. The maximum atomic E-state index is 5.07. The van der Waals surface area contributed by atoms with E-state index in [9.17, 15) is 0 Å². The lowest BCUT2D eigenvalue weighted by atomic mass is 10.2. The average molecular weight is 259 g/mol. The molecule has 4 heteroatoms. The second-order valence-electron chi connectivity index (χ2n) is 4.71. The molecule has 0 radical (unpaired) electrons. The predicted molar refractivity (Wildman–Crippen MR) is 73.0 cm³/mol. The van der Waals surface area contributed by atoms with Crippen molar-refractivity contribution in [3.63, 3.8) is 0 Å². The maximum Gasteiger partial charge on any atom is 0.0591 e. The van der Waals surface area contributed by atoms with Crippen molar-refractivity contribution < 1.29 is 14.2 Å². The molecule has 108 valence electrons. The fourth-order valence-corrected chi connectivity index (χ4v) is 1.89. The quantitative estimate of drug-likeness (QED) is 0.722. The summed E-state index contributed by atoms with van der Waals surface area (Å²) in [5.74, 6) is 0. The van der Waals surface area contributed by atoms with E-state index in [1.807, 2.05) is 0 Å².